The Hall–Kier alpha value is -1.43. The van der Waals surface area contributed by atoms with Crippen LogP contribution in [0.3, 0.4) is 0 Å². The largest absolute Gasteiger partial charge is 0.348 e. The van der Waals surface area contributed by atoms with E-state index in [1.807, 2.05) is 18.7 Å². The van der Waals surface area contributed by atoms with Gasteiger partial charge in [-0.25, -0.2) is 9.97 Å². The maximum absolute atomic E-state index is 11.1. The van der Waals surface area contributed by atoms with Gasteiger partial charge in [0.15, 0.2) is 0 Å². The van der Waals surface area contributed by atoms with Crippen LogP contribution in [0.15, 0.2) is 6.33 Å². The zero-order valence-corrected chi connectivity index (χ0v) is 11.1. The Morgan fingerprint density at radius 3 is 2.72 bits per heavy atom. The Balaban J connectivity index is 2.39. The van der Waals surface area contributed by atoms with E-state index < -0.39 is 4.92 Å². The zero-order valence-electron chi connectivity index (χ0n) is 10.3. The fourth-order valence-corrected chi connectivity index (χ4v) is 2.03. The van der Waals surface area contributed by atoms with E-state index in [1.54, 1.807) is 0 Å². The van der Waals surface area contributed by atoms with Gasteiger partial charge >= 0.3 is 5.69 Å². The molecule has 0 aliphatic heterocycles. The van der Waals surface area contributed by atoms with Crippen LogP contribution in [0.2, 0.25) is 5.15 Å². The molecule has 0 spiro atoms. The maximum atomic E-state index is 11.1. The first-order chi connectivity index (χ1) is 8.50. The number of anilines is 1. The van der Waals surface area contributed by atoms with E-state index in [0.29, 0.717) is 11.7 Å². The molecule has 1 fully saturated rings. The summed E-state index contributed by atoms with van der Waals surface area (Å²) < 4.78 is 0. The first kappa shape index (κ1) is 13.0. The summed E-state index contributed by atoms with van der Waals surface area (Å²) in [5, 5.41) is 11.0. The average Bonchev–Trinajstić information content (AvgIpc) is 3.08. The van der Waals surface area contributed by atoms with E-state index in [-0.39, 0.29) is 16.9 Å². The van der Waals surface area contributed by atoms with Crippen LogP contribution in [0.4, 0.5) is 11.5 Å². The molecule has 0 radical (unpaired) electrons. The molecular weight excluding hydrogens is 256 g/mol. The summed E-state index contributed by atoms with van der Waals surface area (Å²) in [7, 11) is 0. The smallest absolute Gasteiger partial charge is 0.348 e. The van der Waals surface area contributed by atoms with Crippen LogP contribution < -0.4 is 4.90 Å². The summed E-state index contributed by atoms with van der Waals surface area (Å²) in [6.45, 7) is 4.76. The van der Waals surface area contributed by atoms with E-state index in [1.165, 1.54) is 19.2 Å². The van der Waals surface area contributed by atoms with Crippen molar-refractivity contribution in [3.05, 3.63) is 21.6 Å². The van der Waals surface area contributed by atoms with Gasteiger partial charge in [0, 0.05) is 12.6 Å². The van der Waals surface area contributed by atoms with Crippen molar-refractivity contribution in [3.8, 4) is 0 Å². The molecule has 6 nitrogen and oxygen atoms in total. The minimum atomic E-state index is -0.514. The lowest BCUT2D eigenvalue weighted by atomic mass is 10.2. The van der Waals surface area contributed by atoms with Crippen molar-refractivity contribution in [1.29, 1.82) is 0 Å². The van der Waals surface area contributed by atoms with Gasteiger partial charge in [0.1, 0.15) is 6.33 Å². The van der Waals surface area contributed by atoms with E-state index in [9.17, 15) is 10.1 Å². The maximum Gasteiger partial charge on any atom is 0.348 e. The molecule has 1 aliphatic rings. The second kappa shape index (κ2) is 5.06. The summed E-state index contributed by atoms with van der Waals surface area (Å²) in [6, 6.07) is 0.135. The number of aromatic nitrogens is 2. The molecule has 7 heteroatoms. The Labute approximate surface area is 110 Å². The molecule has 1 aliphatic carbocycles. The van der Waals surface area contributed by atoms with Crippen LogP contribution in [0, 0.1) is 16.0 Å². The lowest BCUT2D eigenvalue weighted by Gasteiger charge is -2.27. The Morgan fingerprint density at radius 1 is 1.56 bits per heavy atom. The summed E-state index contributed by atoms with van der Waals surface area (Å²) >= 11 is 5.81. The van der Waals surface area contributed by atoms with Crippen molar-refractivity contribution < 1.29 is 4.92 Å². The molecule has 1 aromatic heterocycles. The fraction of sp³-hybridized carbons (Fsp3) is 0.636. The molecule has 0 amide bonds. The van der Waals surface area contributed by atoms with E-state index in [2.05, 4.69) is 9.97 Å². The molecule has 2 rings (SSSR count). The highest BCUT2D eigenvalue weighted by atomic mass is 35.5. The third-order valence-electron chi connectivity index (χ3n) is 2.99. The zero-order chi connectivity index (χ0) is 13.3. The second-order valence-electron chi connectivity index (χ2n) is 4.78. The van der Waals surface area contributed by atoms with E-state index in [0.717, 1.165) is 6.54 Å². The minimum absolute atomic E-state index is 0.105. The predicted molar refractivity (Wildman–Crippen MR) is 68.9 cm³/mol. The normalized spacial score (nSPS) is 14.9. The van der Waals surface area contributed by atoms with E-state index >= 15 is 0 Å². The van der Waals surface area contributed by atoms with Crippen LogP contribution >= 0.6 is 11.6 Å². The summed E-state index contributed by atoms with van der Waals surface area (Å²) in [4.78, 5) is 20.2. The van der Waals surface area contributed by atoms with Crippen molar-refractivity contribution in [2.24, 2.45) is 5.92 Å². The van der Waals surface area contributed by atoms with Gasteiger partial charge in [0.05, 0.1) is 4.92 Å². The summed E-state index contributed by atoms with van der Waals surface area (Å²) in [6.07, 6.45) is 3.62. The predicted octanol–water partition coefficient (Wildman–Crippen LogP) is 2.66. The molecule has 0 aromatic carbocycles. The number of rotatable bonds is 5. The highest BCUT2D eigenvalue weighted by Gasteiger charge is 2.31. The lowest BCUT2D eigenvalue weighted by molar-refractivity contribution is -0.384. The Bertz CT molecular complexity index is 462. The molecule has 98 valence electrons. The number of nitro groups is 1. The molecule has 1 saturated carbocycles. The van der Waals surface area contributed by atoms with Crippen LogP contribution in [0.25, 0.3) is 0 Å². The second-order valence-corrected chi connectivity index (χ2v) is 5.14. The fourth-order valence-electron chi connectivity index (χ4n) is 1.84. The van der Waals surface area contributed by atoms with Gasteiger partial charge < -0.3 is 4.90 Å². The van der Waals surface area contributed by atoms with Crippen LogP contribution in [-0.2, 0) is 0 Å². The van der Waals surface area contributed by atoms with Gasteiger partial charge in [-0.2, -0.15) is 0 Å². The van der Waals surface area contributed by atoms with Crippen molar-refractivity contribution in [2.45, 2.75) is 32.7 Å². The first-order valence-corrected chi connectivity index (χ1v) is 6.30. The standard InChI is InChI=1S/C11H15ClN4O2/c1-7(2)15(5-8-3-4-8)11-9(16(17)18)10(12)13-6-14-11/h6-8H,3-5H2,1-2H3. The Morgan fingerprint density at radius 2 is 2.22 bits per heavy atom. The third kappa shape index (κ3) is 2.69. The number of halogens is 1. The molecule has 0 N–H and O–H groups in total. The van der Waals surface area contributed by atoms with Crippen molar-refractivity contribution in [2.75, 3.05) is 11.4 Å². The van der Waals surface area contributed by atoms with Crippen LogP contribution in [0.5, 0.6) is 0 Å². The minimum Gasteiger partial charge on any atom is -0.348 e. The molecule has 0 saturated heterocycles. The monoisotopic (exact) mass is 270 g/mol. The first-order valence-electron chi connectivity index (χ1n) is 5.92. The topological polar surface area (TPSA) is 72.2 Å². The van der Waals surface area contributed by atoms with Gasteiger partial charge in [0.2, 0.25) is 11.0 Å². The number of hydrogen-bond donors (Lipinski definition) is 0. The van der Waals surface area contributed by atoms with Gasteiger partial charge in [-0.15, -0.1) is 0 Å². The van der Waals surface area contributed by atoms with Gasteiger partial charge in [-0.1, -0.05) is 11.6 Å². The van der Waals surface area contributed by atoms with Gasteiger partial charge in [0.25, 0.3) is 0 Å². The highest BCUT2D eigenvalue weighted by molar-refractivity contribution is 6.31. The number of hydrogen-bond acceptors (Lipinski definition) is 5. The molecule has 0 unspecified atom stereocenters. The third-order valence-corrected chi connectivity index (χ3v) is 3.26. The molecule has 0 bridgehead atoms. The van der Waals surface area contributed by atoms with Crippen LogP contribution in [-0.4, -0.2) is 27.5 Å². The number of nitrogens with zero attached hydrogens (tertiary/aromatic N) is 4. The van der Waals surface area contributed by atoms with Gasteiger partial charge in [-0.05, 0) is 32.6 Å². The summed E-state index contributed by atoms with van der Waals surface area (Å²) in [5.41, 5.74) is -0.200. The quantitative estimate of drug-likeness (QED) is 0.467. The lowest BCUT2D eigenvalue weighted by Crippen LogP contribution is -2.34. The average molecular weight is 271 g/mol. The van der Waals surface area contributed by atoms with Crippen molar-refractivity contribution >= 4 is 23.1 Å². The SMILES string of the molecule is CC(C)N(CC1CC1)c1ncnc(Cl)c1[N+](=O)[O-]. The van der Waals surface area contributed by atoms with Crippen molar-refractivity contribution in [3.63, 3.8) is 0 Å². The van der Waals surface area contributed by atoms with Crippen LogP contribution in [0.1, 0.15) is 26.7 Å². The molecule has 1 aromatic rings. The van der Waals surface area contributed by atoms with Gasteiger partial charge in [-0.3, -0.25) is 10.1 Å². The molecule has 18 heavy (non-hydrogen) atoms. The summed E-state index contributed by atoms with van der Waals surface area (Å²) in [5.74, 6) is 0.933. The molecule has 0 atom stereocenters. The molecule has 1 heterocycles. The Kier molecular flexibility index (Phi) is 3.65. The van der Waals surface area contributed by atoms with Crippen molar-refractivity contribution in [1.82, 2.24) is 9.97 Å². The molecular formula is C11H15ClN4O2. The van der Waals surface area contributed by atoms with E-state index in [4.69, 9.17) is 11.6 Å². The highest BCUT2D eigenvalue weighted by Crippen LogP contribution is 2.36.